The summed E-state index contributed by atoms with van der Waals surface area (Å²) in [4.78, 5) is 2.35. The Morgan fingerprint density at radius 1 is 1.33 bits per heavy atom. The lowest BCUT2D eigenvalue weighted by molar-refractivity contribution is 0.281. The van der Waals surface area contributed by atoms with Crippen molar-refractivity contribution in [3.8, 4) is 0 Å². The summed E-state index contributed by atoms with van der Waals surface area (Å²) in [6.07, 6.45) is 3.63. The normalized spacial score (nSPS) is 18.3. The van der Waals surface area contributed by atoms with Crippen molar-refractivity contribution in [2.75, 3.05) is 18.0 Å². The van der Waals surface area contributed by atoms with Crippen LogP contribution in [-0.2, 0) is 6.61 Å². The van der Waals surface area contributed by atoms with Crippen LogP contribution in [0.15, 0.2) is 18.2 Å². The largest absolute Gasteiger partial charge is 0.392 e. The Kier molecular flexibility index (Phi) is 4.18. The first-order valence-corrected chi connectivity index (χ1v) is 7.17. The second-order valence-corrected chi connectivity index (χ2v) is 5.69. The van der Waals surface area contributed by atoms with E-state index in [1.165, 1.54) is 19.3 Å². The molecular weight excluding hydrogens is 246 g/mol. The van der Waals surface area contributed by atoms with Gasteiger partial charge >= 0.3 is 0 Å². The minimum Gasteiger partial charge on any atom is -0.392 e. The van der Waals surface area contributed by atoms with E-state index in [4.69, 9.17) is 11.6 Å². The Balaban J connectivity index is 2.29. The van der Waals surface area contributed by atoms with Crippen molar-refractivity contribution in [1.82, 2.24) is 0 Å². The van der Waals surface area contributed by atoms with Gasteiger partial charge in [0, 0.05) is 18.7 Å². The van der Waals surface area contributed by atoms with E-state index in [-0.39, 0.29) is 6.61 Å². The molecule has 3 heteroatoms. The van der Waals surface area contributed by atoms with Crippen LogP contribution in [0.3, 0.4) is 0 Å². The average molecular weight is 268 g/mol. The SMILES string of the molecule is CCC1(CC)CCN(c2c(Cl)cccc2CO)C1. The molecule has 2 rings (SSSR count). The standard InChI is InChI=1S/C15H22ClNO/c1-3-15(4-2)8-9-17(11-15)14-12(10-18)6-5-7-13(14)16/h5-7,18H,3-4,8-11H2,1-2H3. The third-order valence-corrected chi connectivity index (χ3v) is 4.80. The third kappa shape index (κ3) is 2.36. The van der Waals surface area contributed by atoms with Gasteiger partial charge in [-0.05, 0) is 30.7 Å². The molecule has 1 saturated heterocycles. The van der Waals surface area contributed by atoms with Gasteiger partial charge in [-0.15, -0.1) is 0 Å². The monoisotopic (exact) mass is 267 g/mol. The number of para-hydroxylation sites is 1. The summed E-state index contributed by atoms with van der Waals surface area (Å²) in [6, 6.07) is 5.77. The number of aliphatic hydroxyl groups is 1. The van der Waals surface area contributed by atoms with Crippen LogP contribution in [-0.4, -0.2) is 18.2 Å². The molecule has 0 aliphatic carbocycles. The van der Waals surface area contributed by atoms with Crippen LogP contribution in [0, 0.1) is 5.41 Å². The Morgan fingerprint density at radius 3 is 2.61 bits per heavy atom. The van der Waals surface area contributed by atoms with Crippen LogP contribution in [0.1, 0.15) is 38.7 Å². The molecule has 0 unspecified atom stereocenters. The molecule has 2 nitrogen and oxygen atoms in total. The minimum atomic E-state index is 0.0532. The first-order chi connectivity index (χ1) is 8.65. The van der Waals surface area contributed by atoms with Crippen LogP contribution in [0.5, 0.6) is 0 Å². The van der Waals surface area contributed by atoms with E-state index in [0.717, 1.165) is 29.4 Å². The first kappa shape index (κ1) is 13.7. The molecule has 0 aromatic heterocycles. The molecule has 1 aliphatic rings. The van der Waals surface area contributed by atoms with Crippen molar-refractivity contribution in [3.63, 3.8) is 0 Å². The average Bonchev–Trinajstić information content (AvgIpc) is 2.83. The molecule has 0 atom stereocenters. The summed E-state index contributed by atoms with van der Waals surface area (Å²) in [7, 11) is 0. The van der Waals surface area contributed by atoms with Gasteiger partial charge in [-0.3, -0.25) is 0 Å². The molecule has 0 saturated carbocycles. The number of aliphatic hydroxyl groups excluding tert-OH is 1. The lowest BCUT2D eigenvalue weighted by Gasteiger charge is -2.28. The number of hydrogen-bond acceptors (Lipinski definition) is 2. The summed E-state index contributed by atoms with van der Waals surface area (Å²) in [5.74, 6) is 0. The Morgan fingerprint density at radius 2 is 2.06 bits per heavy atom. The summed E-state index contributed by atoms with van der Waals surface area (Å²) in [5, 5.41) is 10.2. The highest BCUT2D eigenvalue weighted by atomic mass is 35.5. The van der Waals surface area contributed by atoms with Gasteiger partial charge in [0.05, 0.1) is 17.3 Å². The number of nitrogens with zero attached hydrogens (tertiary/aromatic N) is 1. The fourth-order valence-electron chi connectivity index (χ4n) is 2.99. The van der Waals surface area contributed by atoms with Crippen molar-refractivity contribution in [1.29, 1.82) is 0 Å². The molecule has 0 radical (unpaired) electrons. The Bertz CT molecular complexity index is 415. The number of anilines is 1. The molecule has 1 fully saturated rings. The van der Waals surface area contributed by atoms with E-state index in [9.17, 15) is 5.11 Å². The molecule has 0 bridgehead atoms. The third-order valence-electron chi connectivity index (χ3n) is 4.50. The maximum absolute atomic E-state index is 9.46. The molecule has 100 valence electrons. The molecule has 1 aromatic carbocycles. The van der Waals surface area contributed by atoms with E-state index in [2.05, 4.69) is 18.7 Å². The van der Waals surface area contributed by atoms with Gasteiger partial charge in [-0.2, -0.15) is 0 Å². The fraction of sp³-hybridized carbons (Fsp3) is 0.600. The predicted octanol–water partition coefficient (Wildman–Crippen LogP) is 3.85. The second-order valence-electron chi connectivity index (χ2n) is 5.28. The molecule has 0 spiro atoms. The van der Waals surface area contributed by atoms with Crippen molar-refractivity contribution in [2.45, 2.75) is 39.7 Å². The predicted molar refractivity (Wildman–Crippen MR) is 77.2 cm³/mol. The number of rotatable bonds is 4. The van der Waals surface area contributed by atoms with E-state index in [1.807, 2.05) is 18.2 Å². The van der Waals surface area contributed by atoms with Crippen LogP contribution in [0.25, 0.3) is 0 Å². The fourth-order valence-corrected chi connectivity index (χ4v) is 3.31. The Labute approximate surface area is 115 Å². The molecule has 0 amide bonds. The highest BCUT2D eigenvalue weighted by Gasteiger charge is 2.36. The minimum absolute atomic E-state index is 0.0532. The second kappa shape index (κ2) is 5.50. The summed E-state index contributed by atoms with van der Waals surface area (Å²) >= 11 is 6.31. The van der Waals surface area contributed by atoms with Gasteiger partial charge in [0.2, 0.25) is 0 Å². The highest BCUT2D eigenvalue weighted by molar-refractivity contribution is 6.33. The summed E-state index contributed by atoms with van der Waals surface area (Å²) < 4.78 is 0. The zero-order valence-corrected chi connectivity index (χ0v) is 12.0. The number of hydrogen-bond donors (Lipinski definition) is 1. The number of halogens is 1. The summed E-state index contributed by atoms with van der Waals surface area (Å²) in [5.41, 5.74) is 2.39. The highest BCUT2D eigenvalue weighted by Crippen LogP contribution is 2.42. The van der Waals surface area contributed by atoms with Gasteiger partial charge < -0.3 is 10.0 Å². The topological polar surface area (TPSA) is 23.5 Å². The maximum atomic E-state index is 9.46. The molecule has 18 heavy (non-hydrogen) atoms. The van der Waals surface area contributed by atoms with Gasteiger partial charge in [0.1, 0.15) is 0 Å². The molecule has 1 N–H and O–H groups in total. The summed E-state index contributed by atoms with van der Waals surface area (Å²) in [6.45, 7) is 6.69. The molecule has 1 aliphatic heterocycles. The van der Waals surface area contributed by atoms with E-state index >= 15 is 0 Å². The van der Waals surface area contributed by atoms with Crippen LogP contribution in [0.4, 0.5) is 5.69 Å². The molecule has 1 heterocycles. The Hall–Kier alpha value is -0.730. The zero-order valence-electron chi connectivity index (χ0n) is 11.2. The van der Waals surface area contributed by atoms with Crippen molar-refractivity contribution in [3.05, 3.63) is 28.8 Å². The number of benzene rings is 1. The van der Waals surface area contributed by atoms with Crippen LogP contribution in [0.2, 0.25) is 5.02 Å². The maximum Gasteiger partial charge on any atom is 0.0702 e. The van der Waals surface area contributed by atoms with Gasteiger partial charge in [-0.25, -0.2) is 0 Å². The zero-order chi connectivity index (χ0) is 13.2. The van der Waals surface area contributed by atoms with E-state index < -0.39 is 0 Å². The smallest absolute Gasteiger partial charge is 0.0702 e. The lowest BCUT2D eigenvalue weighted by Crippen LogP contribution is -2.27. The van der Waals surface area contributed by atoms with Crippen LogP contribution < -0.4 is 4.90 Å². The van der Waals surface area contributed by atoms with Gasteiger partial charge in [-0.1, -0.05) is 37.6 Å². The van der Waals surface area contributed by atoms with E-state index in [1.54, 1.807) is 0 Å². The van der Waals surface area contributed by atoms with Crippen molar-refractivity contribution >= 4 is 17.3 Å². The van der Waals surface area contributed by atoms with Gasteiger partial charge in [0.15, 0.2) is 0 Å². The van der Waals surface area contributed by atoms with Crippen LogP contribution >= 0.6 is 11.6 Å². The lowest BCUT2D eigenvalue weighted by atomic mass is 9.82. The van der Waals surface area contributed by atoms with E-state index in [0.29, 0.717) is 5.41 Å². The molecular formula is C15H22ClNO. The van der Waals surface area contributed by atoms with Gasteiger partial charge in [0.25, 0.3) is 0 Å². The van der Waals surface area contributed by atoms with Crippen molar-refractivity contribution in [2.24, 2.45) is 5.41 Å². The quantitative estimate of drug-likeness (QED) is 0.896. The first-order valence-electron chi connectivity index (χ1n) is 6.79. The van der Waals surface area contributed by atoms with Crippen molar-refractivity contribution < 1.29 is 5.11 Å². The molecule has 1 aromatic rings.